The van der Waals surface area contributed by atoms with Crippen LogP contribution in [0.5, 0.6) is 0 Å². The standard InChI is InChI=1S/C17H22BrNO2/c1-11(2)10-17(7-3-4-8-17)15(18)12-5-6-13-14(9-12)21-16(20)19-13/h5-6,9,11,15H,3-4,7-8,10H2,1-2H3,(H,19,20). The van der Waals surface area contributed by atoms with Gasteiger partial charge in [-0.3, -0.25) is 4.98 Å². The Morgan fingerprint density at radius 3 is 2.71 bits per heavy atom. The maximum absolute atomic E-state index is 11.3. The third-order valence-corrected chi connectivity index (χ3v) is 6.19. The Kier molecular flexibility index (Phi) is 4.00. The lowest BCUT2D eigenvalue weighted by Gasteiger charge is -2.36. The molecule has 1 fully saturated rings. The summed E-state index contributed by atoms with van der Waals surface area (Å²) in [7, 11) is 0. The zero-order valence-electron chi connectivity index (χ0n) is 12.6. The summed E-state index contributed by atoms with van der Waals surface area (Å²) in [5.41, 5.74) is 2.97. The zero-order chi connectivity index (χ0) is 15.0. The largest absolute Gasteiger partial charge is 0.417 e. The minimum absolute atomic E-state index is 0.319. The summed E-state index contributed by atoms with van der Waals surface area (Å²) >= 11 is 3.96. The number of hydrogen-bond acceptors (Lipinski definition) is 2. The van der Waals surface area contributed by atoms with E-state index in [9.17, 15) is 4.79 Å². The molecule has 1 aromatic carbocycles. The smallest absolute Gasteiger partial charge is 0.408 e. The van der Waals surface area contributed by atoms with Crippen molar-refractivity contribution >= 4 is 27.0 Å². The third-order valence-electron chi connectivity index (χ3n) is 4.69. The first-order chi connectivity index (χ1) is 10.00. The Morgan fingerprint density at radius 1 is 1.33 bits per heavy atom. The summed E-state index contributed by atoms with van der Waals surface area (Å²) in [5.74, 6) is 0.308. The lowest BCUT2D eigenvalue weighted by atomic mass is 9.74. The molecule has 1 aromatic heterocycles. The predicted molar refractivity (Wildman–Crippen MR) is 88.9 cm³/mol. The molecule has 3 nitrogen and oxygen atoms in total. The van der Waals surface area contributed by atoms with Gasteiger partial charge in [-0.05, 0) is 48.3 Å². The van der Waals surface area contributed by atoms with Crippen molar-refractivity contribution in [2.24, 2.45) is 11.3 Å². The van der Waals surface area contributed by atoms with Gasteiger partial charge in [0.15, 0.2) is 5.58 Å². The topological polar surface area (TPSA) is 46.0 Å². The van der Waals surface area contributed by atoms with Crippen LogP contribution in [0.15, 0.2) is 27.4 Å². The van der Waals surface area contributed by atoms with Crippen molar-refractivity contribution in [1.29, 1.82) is 0 Å². The van der Waals surface area contributed by atoms with E-state index in [0.717, 1.165) is 5.52 Å². The molecule has 4 heteroatoms. The molecule has 1 atom stereocenters. The second-order valence-electron chi connectivity index (χ2n) is 6.80. The van der Waals surface area contributed by atoms with Crippen LogP contribution in [0.4, 0.5) is 0 Å². The quantitative estimate of drug-likeness (QED) is 0.772. The van der Waals surface area contributed by atoms with Gasteiger partial charge < -0.3 is 4.42 Å². The normalized spacial score (nSPS) is 19.4. The Morgan fingerprint density at radius 2 is 2.05 bits per heavy atom. The second kappa shape index (κ2) is 5.64. The van der Waals surface area contributed by atoms with Crippen LogP contribution in [0.1, 0.15) is 56.3 Å². The highest BCUT2D eigenvalue weighted by atomic mass is 79.9. The Balaban J connectivity index is 1.97. The Labute approximate surface area is 133 Å². The minimum Gasteiger partial charge on any atom is -0.408 e. The van der Waals surface area contributed by atoms with Gasteiger partial charge in [0.25, 0.3) is 0 Å². The summed E-state index contributed by atoms with van der Waals surface area (Å²) in [6.07, 6.45) is 6.41. The number of benzene rings is 1. The Hall–Kier alpha value is -1.03. The average Bonchev–Trinajstić information content (AvgIpc) is 3.02. The number of oxazole rings is 1. The van der Waals surface area contributed by atoms with Gasteiger partial charge in [-0.15, -0.1) is 0 Å². The number of alkyl halides is 1. The molecule has 1 aliphatic rings. The molecule has 0 saturated heterocycles. The summed E-state index contributed by atoms with van der Waals surface area (Å²) in [5, 5.41) is 0. The van der Waals surface area contributed by atoms with E-state index in [0.29, 0.717) is 21.7 Å². The number of H-pyrrole nitrogens is 1. The van der Waals surface area contributed by atoms with E-state index in [2.05, 4.69) is 40.8 Å². The van der Waals surface area contributed by atoms with Gasteiger partial charge in [-0.1, -0.05) is 48.7 Å². The number of halogens is 1. The molecule has 114 valence electrons. The molecule has 0 spiro atoms. The fourth-order valence-electron chi connectivity index (χ4n) is 3.93. The minimum atomic E-state index is -0.383. The molecule has 1 saturated carbocycles. The number of aromatic amines is 1. The van der Waals surface area contributed by atoms with Crippen LogP contribution in [-0.4, -0.2) is 4.98 Å². The average molecular weight is 352 g/mol. The van der Waals surface area contributed by atoms with Crippen LogP contribution in [0, 0.1) is 11.3 Å². The van der Waals surface area contributed by atoms with Gasteiger partial charge in [0.05, 0.1) is 5.52 Å². The highest BCUT2D eigenvalue weighted by Crippen LogP contribution is 2.55. The lowest BCUT2D eigenvalue weighted by Crippen LogP contribution is -2.24. The lowest BCUT2D eigenvalue weighted by molar-refractivity contribution is 0.230. The van der Waals surface area contributed by atoms with E-state index in [1.807, 2.05) is 12.1 Å². The Bertz CT molecular complexity index is 679. The van der Waals surface area contributed by atoms with Crippen molar-refractivity contribution in [3.05, 3.63) is 34.3 Å². The summed E-state index contributed by atoms with van der Waals surface area (Å²) in [6.45, 7) is 4.60. The number of aromatic nitrogens is 1. The van der Waals surface area contributed by atoms with Crippen molar-refractivity contribution in [1.82, 2.24) is 4.98 Å². The van der Waals surface area contributed by atoms with Crippen LogP contribution < -0.4 is 5.76 Å². The van der Waals surface area contributed by atoms with E-state index in [-0.39, 0.29) is 5.76 Å². The van der Waals surface area contributed by atoms with Crippen LogP contribution in [0.25, 0.3) is 11.1 Å². The molecule has 2 aromatic rings. The number of fused-ring (bicyclic) bond motifs is 1. The number of rotatable bonds is 4. The zero-order valence-corrected chi connectivity index (χ0v) is 14.2. The van der Waals surface area contributed by atoms with Crippen molar-refractivity contribution in [2.75, 3.05) is 0 Å². The van der Waals surface area contributed by atoms with E-state index in [1.54, 1.807) is 0 Å². The van der Waals surface area contributed by atoms with Crippen molar-refractivity contribution in [3.8, 4) is 0 Å². The van der Waals surface area contributed by atoms with Crippen molar-refractivity contribution < 1.29 is 4.42 Å². The maximum atomic E-state index is 11.3. The molecule has 1 aliphatic carbocycles. The highest BCUT2D eigenvalue weighted by Gasteiger charge is 2.41. The molecule has 21 heavy (non-hydrogen) atoms. The van der Waals surface area contributed by atoms with Crippen LogP contribution in [0.2, 0.25) is 0 Å². The number of hydrogen-bond donors (Lipinski definition) is 1. The molecule has 1 unspecified atom stereocenters. The van der Waals surface area contributed by atoms with Gasteiger partial charge >= 0.3 is 5.76 Å². The van der Waals surface area contributed by atoms with Crippen molar-refractivity contribution in [2.45, 2.75) is 50.8 Å². The molecule has 0 aliphatic heterocycles. The second-order valence-corrected chi connectivity index (χ2v) is 7.72. The van der Waals surface area contributed by atoms with E-state index < -0.39 is 0 Å². The van der Waals surface area contributed by atoms with Crippen LogP contribution in [-0.2, 0) is 0 Å². The first-order valence-corrected chi connectivity index (χ1v) is 8.69. The van der Waals surface area contributed by atoms with Gasteiger partial charge in [0.1, 0.15) is 0 Å². The van der Waals surface area contributed by atoms with Crippen LogP contribution in [0.3, 0.4) is 0 Å². The number of nitrogens with one attached hydrogen (secondary N) is 1. The molecule has 0 amide bonds. The molecular formula is C17H22BrNO2. The highest BCUT2D eigenvalue weighted by molar-refractivity contribution is 9.09. The van der Waals surface area contributed by atoms with Gasteiger partial charge in [0.2, 0.25) is 0 Å². The molecule has 0 bridgehead atoms. The maximum Gasteiger partial charge on any atom is 0.417 e. The van der Waals surface area contributed by atoms with Gasteiger partial charge in [0, 0.05) is 4.83 Å². The molecule has 1 N–H and O–H groups in total. The summed E-state index contributed by atoms with van der Waals surface area (Å²) in [4.78, 5) is 14.3. The van der Waals surface area contributed by atoms with E-state index in [1.165, 1.54) is 37.7 Å². The SMILES string of the molecule is CC(C)CC1(C(Br)c2ccc3[nH]c(=O)oc3c2)CCCC1. The van der Waals surface area contributed by atoms with Crippen molar-refractivity contribution in [3.63, 3.8) is 0 Å². The first-order valence-electron chi connectivity index (χ1n) is 7.77. The monoisotopic (exact) mass is 351 g/mol. The van der Waals surface area contributed by atoms with Gasteiger partial charge in [-0.2, -0.15) is 0 Å². The third kappa shape index (κ3) is 2.83. The fourth-order valence-corrected chi connectivity index (χ4v) is 4.86. The molecular weight excluding hydrogens is 330 g/mol. The predicted octanol–water partition coefficient (Wildman–Crippen LogP) is 5.16. The summed E-state index contributed by atoms with van der Waals surface area (Å²) in [6, 6.07) is 6.06. The van der Waals surface area contributed by atoms with E-state index >= 15 is 0 Å². The first kappa shape index (κ1) is 14.9. The molecule has 1 heterocycles. The van der Waals surface area contributed by atoms with Gasteiger partial charge in [-0.25, -0.2) is 4.79 Å². The molecule has 0 radical (unpaired) electrons. The summed E-state index contributed by atoms with van der Waals surface area (Å²) < 4.78 is 5.20. The van der Waals surface area contributed by atoms with E-state index in [4.69, 9.17) is 4.42 Å². The van der Waals surface area contributed by atoms with Crippen LogP contribution >= 0.6 is 15.9 Å². The molecule has 3 rings (SSSR count). The fraction of sp³-hybridized carbons (Fsp3) is 0.588.